The van der Waals surface area contributed by atoms with Crippen molar-refractivity contribution in [3.05, 3.63) is 36.0 Å². The number of nitrogens with one attached hydrogen (secondary N) is 2. The number of aromatic nitrogens is 1. The zero-order chi connectivity index (χ0) is 11.4. The second kappa shape index (κ2) is 4.90. The number of hydrogen-bond acceptors (Lipinski definition) is 3. The Hall–Kier alpha value is -1.68. The van der Waals surface area contributed by atoms with Gasteiger partial charge in [-0.2, -0.15) is 0 Å². The summed E-state index contributed by atoms with van der Waals surface area (Å²) in [5, 5.41) is 5.93. The number of anilines is 1. The van der Waals surface area contributed by atoms with Crippen LogP contribution in [-0.4, -0.2) is 23.5 Å². The van der Waals surface area contributed by atoms with E-state index in [-0.39, 0.29) is 11.9 Å². The Balaban J connectivity index is 1.99. The molecular weight excluding hydrogens is 202 g/mol. The van der Waals surface area contributed by atoms with Crippen molar-refractivity contribution in [2.45, 2.75) is 19.4 Å². The number of carbonyl (C=O) groups excluding carboxylic acids is 1. The number of aryl methyl sites for hydroxylation is 1. The van der Waals surface area contributed by atoms with Crippen LogP contribution in [0.1, 0.15) is 12.1 Å². The maximum Gasteiger partial charge on any atom is 0.242 e. The van der Waals surface area contributed by atoms with Crippen molar-refractivity contribution in [1.82, 2.24) is 10.3 Å². The van der Waals surface area contributed by atoms with Crippen LogP contribution in [0.3, 0.4) is 0 Å². The average molecular weight is 217 g/mol. The van der Waals surface area contributed by atoms with Crippen molar-refractivity contribution < 1.29 is 4.79 Å². The molecule has 1 amide bonds. The largest absolute Gasteiger partial charge is 0.309 e. The van der Waals surface area contributed by atoms with E-state index in [1.54, 1.807) is 6.07 Å². The summed E-state index contributed by atoms with van der Waals surface area (Å²) in [6.45, 7) is 2.65. The number of hydrogen-bond donors (Lipinski definition) is 2. The molecule has 1 atom stereocenters. The van der Waals surface area contributed by atoms with E-state index >= 15 is 0 Å². The highest BCUT2D eigenvalue weighted by Crippen LogP contribution is 2.07. The van der Waals surface area contributed by atoms with Crippen LogP contribution >= 0.6 is 0 Å². The van der Waals surface area contributed by atoms with Crippen molar-refractivity contribution in [3.63, 3.8) is 0 Å². The highest BCUT2D eigenvalue weighted by molar-refractivity contribution is 5.94. The van der Waals surface area contributed by atoms with Gasteiger partial charge >= 0.3 is 0 Å². The maximum absolute atomic E-state index is 11.8. The van der Waals surface area contributed by atoms with E-state index in [0.29, 0.717) is 5.82 Å². The predicted molar refractivity (Wildman–Crippen MR) is 63.2 cm³/mol. The molecule has 0 saturated carbocycles. The fraction of sp³-hybridized carbons (Fsp3) is 0.333. The summed E-state index contributed by atoms with van der Waals surface area (Å²) in [4.78, 5) is 16.1. The Morgan fingerprint density at radius 3 is 3.06 bits per heavy atom. The van der Waals surface area contributed by atoms with E-state index < -0.39 is 0 Å². The molecule has 1 aromatic heterocycles. The standard InChI is InChI=1S/C12H15N3O/c1-9-5-4-7-11(14-9)15-12(16)10-6-2-3-8-13-10/h2-5,7,10,13H,6,8H2,1H3,(H,14,15,16). The third kappa shape index (κ3) is 2.67. The summed E-state index contributed by atoms with van der Waals surface area (Å²) in [6, 6.07) is 5.43. The SMILES string of the molecule is Cc1cccc(NC(=O)C2CC=CCN2)n1. The number of amides is 1. The van der Waals surface area contributed by atoms with Gasteiger partial charge in [0.1, 0.15) is 5.82 Å². The molecule has 4 nitrogen and oxygen atoms in total. The summed E-state index contributed by atoms with van der Waals surface area (Å²) in [5.74, 6) is 0.587. The quantitative estimate of drug-likeness (QED) is 0.733. The fourth-order valence-electron chi connectivity index (χ4n) is 1.64. The Morgan fingerprint density at radius 1 is 1.50 bits per heavy atom. The molecule has 0 bridgehead atoms. The molecule has 4 heteroatoms. The summed E-state index contributed by atoms with van der Waals surface area (Å²) in [6.07, 6.45) is 4.77. The lowest BCUT2D eigenvalue weighted by Gasteiger charge is -2.18. The lowest BCUT2D eigenvalue weighted by atomic mass is 10.1. The zero-order valence-electron chi connectivity index (χ0n) is 9.23. The Morgan fingerprint density at radius 2 is 2.38 bits per heavy atom. The average Bonchev–Trinajstić information content (AvgIpc) is 2.30. The number of pyridine rings is 1. The molecule has 0 radical (unpaired) electrons. The van der Waals surface area contributed by atoms with Gasteiger partial charge in [-0.25, -0.2) is 4.98 Å². The lowest BCUT2D eigenvalue weighted by molar-refractivity contribution is -0.118. The lowest BCUT2D eigenvalue weighted by Crippen LogP contribution is -2.42. The van der Waals surface area contributed by atoms with E-state index in [0.717, 1.165) is 18.7 Å². The normalized spacial score (nSPS) is 19.4. The Bertz CT molecular complexity index is 414. The zero-order valence-corrected chi connectivity index (χ0v) is 9.23. The summed E-state index contributed by atoms with van der Waals surface area (Å²) in [7, 11) is 0. The second-order valence-corrected chi connectivity index (χ2v) is 3.82. The summed E-state index contributed by atoms with van der Waals surface area (Å²) in [5.41, 5.74) is 0.897. The fourth-order valence-corrected chi connectivity index (χ4v) is 1.64. The second-order valence-electron chi connectivity index (χ2n) is 3.82. The van der Waals surface area contributed by atoms with Crippen LogP contribution < -0.4 is 10.6 Å². The van der Waals surface area contributed by atoms with Crippen molar-refractivity contribution >= 4 is 11.7 Å². The minimum absolute atomic E-state index is 0.0255. The predicted octanol–water partition coefficient (Wildman–Crippen LogP) is 1.25. The Labute approximate surface area is 94.8 Å². The maximum atomic E-state index is 11.8. The molecule has 2 heterocycles. The number of nitrogens with zero attached hydrogens (tertiary/aromatic N) is 1. The molecular formula is C12H15N3O. The molecule has 0 saturated heterocycles. The summed E-state index contributed by atoms with van der Waals surface area (Å²) < 4.78 is 0. The van der Waals surface area contributed by atoms with Gasteiger partial charge in [0.15, 0.2) is 0 Å². The molecule has 0 spiro atoms. The minimum atomic E-state index is -0.146. The molecule has 0 aliphatic carbocycles. The third-order valence-corrected chi connectivity index (χ3v) is 2.48. The number of carbonyl (C=O) groups is 1. The van der Waals surface area contributed by atoms with Crippen LogP contribution in [0, 0.1) is 6.92 Å². The van der Waals surface area contributed by atoms with Gasteiger partial charge in [0.25, 0.3) is 0 Å². The number of rotatable bonds is 2. The van der Waals surface area contributed by atoms with E-state index in [1.165, 1.54) is 0 Å². The third-order valence-electron chi connectivity index (χ3n) is 2.48. The topological polar surface area (TPSA) is 54.0 Å². The van der Waals surface area contributed by atoms with Crippen LogP contribution in [0.5, 0.6) is 0 Å². The van der Waals surface area contributed by atoms with Crippen LogP contribution in [0.4, 0.5) is 5.82 Å². The van der Waals surface area contributed by atoms with Crippen LogP contribution in [0.25, 0.3) is 0 Å². The van der Waals surface area contributed by atoms with Crippen molar-refractivity contribution in [2.75, 3.05) is 11.9 Å². The summed E-state index contributed by atoms with van der Waals surface area (Å²) >= 11 is 0. The minimum Gasteiger partial charge on any atom is -0.309 e. The highest BCUT2D eigenvalue weighted by atomic mass is 16.2. The molecule has 16 heavy (non-hydrogen) atoms. The molecule has 0 fully saturated rings. The molecule has 1 aliphatic heterocycles. The van der Waals surface area contributed by atoms with Gasteiger partial charge in [-0.05, 0) is 25.5 Å². The van der Waals surface area contributed by atoms with Crippen LogP contribution in [0.2, 0.25) is 0 Å². The first-order valence-electron chi connectivity index (χ1n) is 5.38. The van der Waals surface area contributed by atoms with Gasteiger partial charge in [0.05, 0.1) is 6.04 Å². The van der Waals surface area contributed by atoms with E-state index in [4.69, 9.17) is 0 Å². The smallest absolute Gasteiger partial charge is 0.242 e. The van der Waals surface area contributed by atoms with Crippen LogP contribution in [-0.2, 0) is 4.79 Å². The highest BCUT2D eigenvalue weighted by Gasteiger charge is 2.18. The van der Waals surface area contributed by atoms with Gasteiger partial charge in [-0.3, -0.25) is 4.79 Å². The van der Waals surface area contributed by atoms with Gasteiger partial charge in [-0.1, -0.05) is 18.2 Å². The molecule has 0 aromatic carbocycles. The van der Waals surface area contributed by atoms with Crippen molar-refractivity contribution in [2.24, 2.45) is 0 Å². The molecule has 1 aromatic rings. The van der Waals surface area contributed by atoms with Gasteiger partial charge in [-0.15, -0.1) is 0 Å². The van der Waals surface area contributed by atoms with Crippen LogP contribution in [0.15, 0.2) is 30.4 Å². The van der Waals surface area contributed by atoms with E-state index in [9.17, 15) is 4.79 Å². The molecule has 1 aliphatic rings. The first-order valence-corrected chi connectivity index (χ1v) is 5.38. The van der Waals surface area contributed by atoms with Gasteiger partial charge in [0, 0.05) is 12.2 Å². The van der Waals surface area contributed by atoms with Crippen molar-refractivity contribution in [1.29, 1.82) is 0 Å². The molecule has 2 rings (SSSR count). The monoisotopic (exact) mass is 217 g/mol. The first-order chi connectivity index (χ1) is 7.75. The van der Waals surface area contributed by atoms with Gasteiger partial charge in [0.2, 0.25) is 5.91 Å². The first kappa shape index (κ1) is 10.8. The van der Waals surface area contributed by atoms with E-state index in [1.807, 2.05) is 31.2 Å². The molecule has 2 N–H and O–H groups in total. The van der Waals surface area contributed by atoms with Crippen molar-refractivity contribution in [3.8, 4) is 0 Å². The molecule has 1 unspecified atom stereocenters. The molecule has 84 valence electrons. The Kier molecular flexibility index (Phi) is 3.31. The van der Waals surface area contributed by atoms with Gasteiger partial charge < -0.3 is 10.6 Å². The van der Waals surface area contributed by atoms with E-state index in [2.05, 4.69) is 15.6 Å².